The van der Waals surface area contributed by atoms with Crippen LogP contribution >= 0.6 is 0 Å². The van der Waals surface area contributed by atoms with E-state index in [9.17, 15) is 10.3 Å². The highest BCUT2D eigenvalue weighted by Gasteiger charge is 2.40. The van der Waals surface area contributed by atoms with Gasteiger partial charge >= 0.3 is 0 Å². The zero-order valence-electron chi connectivity index (χ0n) is 18.7. The molecule has 118 valence electrons. The number of ether oxygens (including phenoxy) is 1. The number of benzene rings is 1. The molecule has 1 aliphatic carbocycles. The van der Waals surface area contributed by atoms with Crippen molar-refractivity contribution in [3.8, 4) is 5.75 Å². The monoisotopic (exact) mass is 299 g/mol. The fourth-order valence-electron chi connectivity index (χ4n) is 2.63. The third kappa shape index (κ3) is 4.19. The second-order valence-corrected chi connectivity index (χ2v) is 6.02. The van der Waals surface area contributed by atoms with Crippen molar-refractivity contribution < 1.29 is 22.7 Å². The van der Waals surface area contributed by atoms with Crippen molar-refractivity contribution in [3.63, 3.8) is 0 Å². The predicted molar refractivity (Wildman–Crippen MR) is 84.1 cm³/mol. The van der Waals surface area contributed by atoms with Gasteiger partial charge in [-0.1, -0.05) is 31.3 Å². The molecule has 0 saturated heterocycles. The molecule has 0 bridgehead atoms. The van der Waals surface area contributed by atoms with Gasteiger partial charge in [-0.2, -0.15) is 0 Å². The molecule has 2 rings (SSSR count). The molecule has 1 N–H and O–H groups in total. The van der Waals surface area contributed by atoms with Crippen LogP contribution in [0.1, 0.15) is 51.7 Å². The maximum atomic E-state index is 12.4. The molecule has 0 spiro atoms. The summed E-state index contributed by atoms with van der Waals surface area (Å²) in [6, 6.07) is 6.63. The molecule has 21 heavy (non-hydrogen) atoms. The number of nitrogens with zero attached hydrogens (tertiary/aromatic N) is 1. The van der Waals surface area contributed by atoms with E-state index in [0.717, 1.165) is 0 Å². The third-order valence-electron chi connectivity index (χ3n) is 3.75. The van der Waals surface area contributed by atoms with Crippen molar-refractivity contribution in [2.24, 2.45) is 0 Å². The second kappa shape index (κ2) is 6.34. The second-order valence-electron chi connectivity index (χ2n) is 6.02. The quantitative estimate of drug-likeness (QED) is 0.671. The lowest BCUT2D eigenvalue weighted by molar-refractivity contribution is -0.842. The lowest BCUT2D eigenvalue weighted by Crippen LogP contribution is -2.47. The van der Waals surface area contributed by atoms with Gasteiger partial charge in [-0.05, 0) is 30.5 Å². The molecule has 4 nitrogen and oxygen atoms in total. The average molecular weight is 299 g/mol. The van der Waals surface area contributed by atoms with Crippen molar-refractivity contribution >= 4 is 0 Å². The normalized spacial score (nSPS) is 31.5. The number of methoxy groups -OCH3 is 1. The van der Waals surface area contributed by atoms with Crippen LogP contribution in [0.3, 0.4) is 0 Å². The summed E-state index contributed by atoms with van der Waals surface area (Å²) in [5.41, 5.74) is -1.37. The highest BCUT2D eigenvalue weighted by molar-refractivity contribution is 5.31. The zero-order chi connectivity index (χ0) is 20.9. The van der Waals surface area contributed by atoms with Gasteiger partial charge in [-0.3, -0.25) is 0 Å². The molecule has 4 heteroatoms. The van der Waals surface area contributed by atoms with E-state index in [-0.39, 0.29) is 6.54 Å². The van der Waals surface area contributed by atoms with Gasteiger partial charge in [0.15, 0.2) is 0 Å². The molecule has 1 aliphatic rings. The molecule has 1 aromatic carbocycles. The summed E-state index contributed by atoms with van der Waals surface area (Å²) < 4.78 is 52.5. The Bertz CT molecular complexity index is 652. The Morgan fingerprint density at radius 3 is 2.33 bits per heavy atom. The van der Waals surface area contributed by atoms with E-state index in [1.54, 1.807) is 24.3 Å². The summed E-state index contributed by atoms with van der Waals surface area (Å²) in [7, 11) is 4.29. The van der Waals surface area contributed by atoms with Crippen LogP contribution in [0.2, 0.25) is 0 Å². The van der Waals surface area contributed by atoms with Gasteiger partial charge in [0.05, 0.1) is 39.3 Å². The van der Waals surface area contributed by atoms with Crippen LogP contribution in [0.15, 0.2) is 24.3 Å². The van der Waals surface area contributed by atoms with E-state index < -0.39 is 48.1 Å². The van der Waals surface area contributed by atoms with Crippen LogP contribution in [0.5, 0.6) is 5.75 Å². The Hall–Kier alpha value is -1.10. The number of aliphatic hydroxyl groups is 1. The first-order valence-electron chi connectivity index (χ1n) is 9.95. The Balaban J connectivity index is 2.53. The van der Waals surface area contributed by atoms with Crippen molar-refractivity contribution in [1.82, 2.24) is 0 Å². The number of quaternary nitrogens is 1. The minimum absolute atomic E-state index is 0.113. The minimum atomic E-state index is -2.77. The van der Waals surface area contributed by atoms with Gasteiger partial charge < -0.3 is 19.7 Å². The van der Waals surface area contributed by atoms with Crippen molar-refractivity contribution in [1.29, 1.82) is 0 Å². The molecule has 0 radical (unpaired) electrons. The first-order chi connectivity index (χ1) is 12.0. The van der Waals surface area contributed by atoms with E-state index in [0.29, 0.717) is 11.3 Å². The van der Waals surface area contributed by atoms with Crippen LogP contribution in [-0.2, 0) is 0 Å². The average Bonchev–Trinajstić information content (AvgIpc) is 2.49. The molecular weight excluding hydrogens is 266 g/mol. The predicted octanol–water partition coefficient (Wildman–Crippen LogP) is 3.05. The fraction of sp³-hybridized carbons (Fsp3) is 0.647. The first-order valence-corrected chi connectivity index (χ1v) is 6.95. The summed E-state index contributed by atoms with van der Waals surface area (Å²) >= 11 is 0. The number of hydrogen-bond acceptors (Lipinski definition) is 3. The Labute approximate surface area is 135 Å². The molecule has 0 aliphatic heterocycles. The van der Waals surface area contributed by atoms with Crippen LogP contribution in [0.25, 0.3) is 0 Å². The largest absolute Gasteiger partial charge is 0.633 e. The Kier molecular flexibility index (Phi) is 2.97. The van der Waals surface area contributed by atoms with E-state index in [4.69, 9.17) is 13.0 Å². The van der Waals surface area contributed by atoms with Crippen molar-refractivity contribution in [2.75, 3.05) is 27.7 Å². The number of hydrogen-bond donors (Lipinski definition) is 1. The lowest BCUT2D eigenvalue weighted by atomic mass is 9.72. The molecule has 1 unspecified atom stereocenters. The number of hydroxylamine groups is 3. The molecule has 1 fully saturated rings. The van der Waals surface area contributed by atoms with Crippen LogP contribution in [0, 0.1) is 5.21 Å². The Morgan fingerprint density at radius 2 is 1.86 bits per heavy atom. The summed E-state index contributed by atoms with van der Waals surface area (Å²) in [5.74, 6) is -0.303. The van der Waals surface area contributed by atoms with Crippen LogP contribution < -0.4 is 4.74 Å². The molecular formula is C17H27NO3. The van der Waals surface area contributed by atoms with Gasteiger partial charge in [-0.15, -0.1) is 0 Å². The maximum absolute atomic E-state index is 12.4. The van der Waals surface area contributed by atoms with E-state index >= 15 is 0 Å². The molecule has 1 saturated carbocycles. The van der Waals surface area contributed by atoms with Gasteiger partial charge in [0.1, 0.15) is 5.75 Å². The van der Waals surface area contributed by atoms with Crippen LogP contribution in [0.4, 0.5) is 0 Å². The highest BCUT2D eigenvalue weighted by atomic mass is 16.5. The number of likely N-dealkylation sites (N-methyl/N-ethyl adjacent to an activating group) is 1. The van der Waals surface area contributed by atoms with Gasteiger partial charge in [-0.25, -0.2) is 0 Å². The van der Waals surface area contributed by atoms with E-state index in [1.807, 2.05) is 0 Å². The standard InChI is InChI=1S/C17H27NO3/c1-18(2,20)13-16(17(19)11-5-4-6-12-17)14-7-9-15(21-3)10-8-14/h7-10,16,19H,4-6,11-13H2,1-3H3/i4D2,5D2,6D2. The first kappa shape index (κ1) is 9.82. The van der Waals surface area contributed by atoms with Crippen LogP contribution in [-0.4, -0.2) is 43.1 Å². The van der Waals surface area contributed by atoms with Crippen molar-refractivity contribution in [2.45, 2.75) is 43.5 Å². The highest BCUT2D eigenvalue weighted by Crippen LogP contribution is 2.41. The lowest BCUT2D eigenvalue weighted by Gasteiger charge is -2.45. The topological polar surface area (TPSA) is 52.5 Å². The van der Waals surface area contributed by atoms with Gasteiger partial charge in [0.2, 0.25) is 0 Å². The third-order valence-corrected chi connectivity index (χ3v) is 3.75. The molecule has 1 aromatic rings. The smallest absolute Gasteiger partial charge is 0.118 e. The SMILES string of the molecule is [2H]C1([2H])CC(O)(C(C[N+](C)(C)[O-])c2ccc(OC)cc2)CC([2H])([2H])C1([2H])[2H]. The number of rotatable bonds is 5. The molecule has 0 aromatic heterocycles. The maximum Gasteiger partial charge on any atom is 0.118 e. The zero-order valence-corrected chi connectivity index (χ0v) is 12.7. The van der Waals surface area contributed by atoms with Gasteiger partial charge in [0, 0.05) is 8.22 Å². The summed E-state index contributed by atoms with van der Waals surface area (Å²) in [5, 5.41) is 23.7. The Morgan fingerprint density at radius 1 is 1.29 bits per heavy atom. The van der Waals surface area contributed by atoms with Crippen molar-refractivity contribution in [3.05, 3.63) is 35.0 Å². The molecule has 0 heterocycles. The van der Waals surface area contributed by atoms with E-state index in [1.165, 1.54) is 21.2 Å². The summed E-state index contributed by atoms with van der Waals surface area (Å²) in [6.07, 6.45) is -9.19. The van der Waals surface area contributed by atoms with Gasteiger partial charge in [0.25, 0.3) is 0 Å². The minimum Gasteiger partial charge on any atom is -0.633 e. The fourth-order valence-corrected chi connectivity index (χ4v) is 2.63. The molecule has 1 atom stereocenters. The summed E-state index contributed by atoms with van der Waals surface area (Å²) in [4.78, 5) is 0. The summed E-state index contributed by atoms with van der Waals surface area (Å²) in [6.45, 7) is -0.113. The molecule has 0 amide bonds. The van der Waals surface area contributed by atoms with E-state index in [2.05, 4.69) is 0 Å².